The topological polar surface area (TPSA) is 58.6 Å². The van der Waals surface area contributed by atoms with Crippen LogP contribution in [0.1, 0.15) is 12.5 Å². The van der Waals surface area contributed by atoms with Crippen LogP contribution in [0, 0.1) is 0 Å². The number of nitrogens with one attached hydrogen (secondary N) is 1. The molecule has 0 spiro atoms. The zero-order valence-electron chi connectivity index (χ0n) is 10.9. The summed E-state index contributed by atoms with van der Waals surface area (Å²) in [5, 5.41) is 15.9. The van der Waals surface area contributed by atoms with Gasteiger partial charge in [-0.3, -0.25) is 10.1 Å². The third kappa shape index (κ3) is 3.12. The van der Waals surface area contributed by atoms with Gasteiger partial charge in [-0.2, -0.15) is 0 Å². The van der Waals surface area contributed by atoms with Gasteiger partial charge in [-0.1, -0.05) is 18.2 Å². The van der Waals surface area contributed by atoms with Gasteiger partial charge in [-0.15, -0.1) is 11.3 Å². The van der Waals surface area contributed by atoms with Crippen LogP contribution in [-0.2, 0) is 16.1 Å². The summed E-state index contributed by atoms with van der Waals surface area (Å²) >= 11 is 1.67. The van der Waals surface area contributed by atoms with Crippen LogP contribution in [0.15, 0.2) is 29.6 Å². The number of hydrogen-bond acceptors (Lipinski definition) is 5. The van der Waals surface area contributed by atoms with Crippen molar-refractivity contribution in [3.8, 4) is 0 Å². The number of aliphatic hydroxyl groups is 1. The van der Waals surface area contributed by atoms with Gasteiger partial charge in [0.05, 0.1) is 13.2 Å². The molecule has 0 aliphatic rings. The highest BCUT2D eigenvalue weighted by Crippen LogP contribution is 2.25. The SMILES string of the molecule is COC(=O)[C@H](NCc1csc2ccccc12)[C@H](C)O. The first-order valence-corrected chi connectivity index (χ1v) is 6.96. The Bertz CT molecular complexity index is 565. The Morgan fingerprint density at radius 3 is 2.89 bits per heavy atom. The number of benzene rings is 1. The minimum absolute atomic E-state index is 0.450. The van der Waals surface area contributed by atoms with Gasteiger partial charge in [0, 0.05) is 11.2 Å². The highest BCUT2D eigenvalue weighted by Gasteiger charge is 2.23. The maximum atomic E-state index is 11.5. The molecule has 0 saturated heterocycles. The fourth-order valence-electron chi connectivity index (χ4n) is 1.97. The summed E-state index contributed by atoms with van der Waals surface area (Å²) in [4.78, 5) is 11.5. The van der Waals surface area contributed by atoms with E-state index in [4.69, 9.17) is 0 Å². The standard InChI is InChI=1S/C14H17NO3S/c1-9(16)13(14(17)18-2)15-7-10-8-19-12-6-4-3-5-11(10)12/h3-6,8-9,13,15-16H,7H2,1-2H3/t9-,13+/m0/s1. The summed E-state index contributed by atoms with van der Waals surface area (Å²) < 4.78 is 5.89. The number of carbonyl (C=O) groups excluding carboxylic acids is 1. The molecule has 2 rings (SSSR count). The number of aliphatic hydroxyl groups excluding tert-OH is 1. The normalized spacial score (nSPS) is 14.3. The molecule has 2 aromatic rings. The molecule has 0 bridgehead atoms. The number of methoxy groups -OCH3 is 1. The Kier molecular flexibility index (Phi) is 4.52. The Morgan fingerprint density at radius 1 is 1.47 bits per heavy atom. The monoisotopic (exact) mass is 279 g/mol. The lowest BCUT2D eigenvalue weighted by Crippen LogP contribution is -2.45. The lowest BCUT2D eigenvalue weighted by atomic mass is 10.1. The second-order valence-corrected chi connectivity index (χ2v) is 5.29. The summed E-state index contributed by atoms with van der Waals surface area (Å²) in [6.45, 7) is 2.09. The van der Waals surface area contributed by atoms with Gasteiger partial charge in [-0.25, -0.2) is 0 Å². The quantitative estimate of drug-likeness (QED) is 0.821. The molecule has 2 N–H and O–H groups in total. The summed E-state index contributed by atoms with van der Waals surface area (Å²) in [7, 11) is 1.32. The molecular weight excluding hydrogens is 262 g/mol. The maximum absolute atomic E-state index is 11.5. The Morgan fingerprint density at radius 2 is 2.21 bits per heavy atom. The number of ether oxygens (including phenoxy) is 1. The number of fused-ring (bicyclic) bond motifs is 1. The van der Waals surface area contributed by atoms with Crippen LogP contribution in [-0.4, -0.2) is 30.3 Å². The Hall–Kier alpha value is -1.43. The second-order valence-electron chi connectivity index (χ2n) is 4.38. The minimum atomic E-state index is -0.794. The average molecular weight is 279 g/mol. The van der Waals surface area contributed by atoms with Gasteiger partial charge < -0.3 is 9.84 Å². The predicted molar refractivity (Wildman–Crippen MR) is 76.1 cm³/mol. The Balaban J connectivity index is 2.11. The van der Waals surface area contributed by atoms with Crippen molar-refractivity contribution in [2.75, 3.05) is 7.11 Å². The third-order valence-electron chi connectivity index (χ3n) is 3.01. The summed E-state index contributed by atoms with van der Waals surface area (Å²) in [5.41, 5.74) is 1.12. The van der Waals surface area contributed by atoms with Crippen molar-refractivity contribution in [2.45, 2.75) is 25.6 Å². The number of hydrogen-bond donors (Lipinski definition) is 2. The molecule has 0 aliphatic carbocycles. The first-order chi connectivity index (χ1) is 9.13. The molecule has 0 radical (unpaired) electrons. The van der Waals surface area contributed by atoms with Crippen LogP contribution >= 0.6 is 11.3 Å². The van der Waals surface area contributed by atoms with Crippen LogP contribution in [0.5, 0.6) is 0 Å². The molecule has 0 aliphatic heterocycles. The minimum Gasteiger partial charge on any atom is -0.468 e. The third-order valence-corrected chi connectivity index (χ3v) is 4.02. The molecule has 19 heavy (non-hydrogen) atoms. The van der Waals surface area contributed by atoms with Crippen LogP contribution in [0.3, 0.4) is 0 Å². The van der Waals surface area contributed by atoms with Crippen molar-refractivity contribution < 1.29 is 14.6 Å². The lowest BCUT2D eigenvalue weighted by molar-refractivity contribution is -0.145. The van der Waals surface area contributed by atoms with Crippen molar-refractivity contribution in [3.63, 3.8) is 0 Å². The van der Waals surface area contributed by atoms with Gasteiger partial charge in [0.15, 0.2) is 0 Å². The largest absolute Gasteiger partial charge is 0.468 e. The molecule has 2 atom stereocenters. The van der Waals surface area contributed by atoms with Gasteiger partial charge in [0.2, 0.25) is 0 Å². The summed E-state index contributed by atoms with van der Waals surface area (Å²) in [5.74, 6) is -0.450. The van der Waals surface area contributed by atoms with Crippen molar-refractivity contribution >= 4 is 27.4 Å². The molecule has 0 fully saturated rings. The molecule has 1 heterocycles. The number of carbonyl (C=O) groups is 1. The summed E-state index contributed by atoms with van der Waals surface area (Å²) in [6.07, 6.45) is -0.794. The van der Waals surface area contributed by atoms with E-state index in [0.29, 0.717) is 6.54 Å². The smallest absolute Gasteiger partial charge is 0.325 e. The summed E-state index contributed by atoms with van der Waals surface area (Å²) in [6, 6.07) is 7.41. The van der Waals surface area contributed by atoms with Crippen molar-refractivity contribution in [3.05, 3.63) is 35.2 Å². The molecule has 1 aromatic heterocycles. The molecule has 0 amide bonds. The van der Waals surface area contributed by atoms with E-state index < -0.39 is 18.1 Å². The van der Waals surface area contributed by atoms with E-state index in [2.05, 4.69) is 27.6 Å². The van der Waals surface area contributed by atoms with Gasteiger partial charge in [-0.05, 0) is 29.3 Å². The predicted octanol–water partition coefficient (Wildman–Crippen LogP) is 1.91. The van der Waals surface area contributed by atoms with Gasteiger partial charge >= 0.3 is 5.97 Å². The molecule has 1 aromatic carbocycles. The molecule has 5 heteroatoms. The van der Waals surface area contributed by atoms with E-state index in [1.54, 1.807) is 18.3 Å². The van der Waals surface area contributed by atoms with Crippen LogP contribution in [0.4, 0.5) is 0 Å². The number of thiophene rings is 1. The number of rotatable bonds is 5. The zero-order valence-corrected chi connectivity index (χ0v) is 11.7. The van der Waals surface area contributed by atoms with E-state index in [-0.39, 0.29) is 0 Å². The van der Waals surface area contributed by atoms with Crippen LogP contribution in [0.2, 0.25) is 0 Å². The van der Waals surface area contributed by atoms with E-state index in [0.717, 1.165) is 5.56 Å². The van der Waals surface area contributed by atoms with Crippen molar-refractivity contribution in [1.29, 1.82) is 0 Å². The molecule has 0 unspecified atom stereocenters. The Labute approximate surface area is 116 Å². The fourth-order valence-corrected chi connectivity index (χ4v) is 2.93. The fraction of sp³-hybridized carbons (Fsp3) is 0.357. The van der Waals surface area contributed by atoms with Gasteiger partial charge in [0.1, 0.15) is 6.04 Å². The van der Waals surface area contributed by atoms with E-state index in [9.17, 15) is 9.90 Å². The van der Waals surface area contributed by atoms with Crippen molar-refractivity contribution in [1.82, 2.24) is 5.32 Å². The first-order valence-electron chi connectivity index (χ1n) is 6.08. The van der Waals surface area contributed by atoms with E-state index >= 15 is 0 Å². The second kappa shape index (κ2) is 6.14. The zero-order chi connectivity index (χ0) is 13.8. The lowest BCUT2D eigenvalue weighted by Gasteiger charge is -2.18. The molecule has 4 nitrogen and oxygen atoms in total. The molecule has 0 saturated carbocycles. The van der Waals surface area contributed by atoms with Gasteiger partial charge in [0.25, 0.3) is 0 Å². The van der Waals surface area contributed by atoms with Crippen LogP contribution in [0.25, 0.3) is 10.1 Å². The molecular formula is C14H17NO3S. The number of esters is 1. The highest BCUT2D eigenvalue weighted by atomic mass is 32.1. The average Bonchev–Trinajstić information content (AvgIpc) is 2.82. The molecule has 102 valence electrons. The first kappa shape index (κ1) is 14.0. The highest BCUT2D eigenvalue weighted by molar-refractivity contribution is 7.17. The van der Waals surface area contributed by atoms with E-state index in [1.165, 1.54) is 17.2 Å². The van der Waals surface area contributed by atoms with Crippen molar-refractivity contribution in [2.24, 2.45) is 0 Å². The van der Waals surface area contributed by atoms with Crippen LogP contribution < -0.4 is 5.32 Å². The maximum Gasteiger partial charge on any atom is 0.325 e. The van der Waals surface area contributed by atoms with E-state index in [1.807, 2.05) is 12.1 Å².